The van der Waals surface area contributed by atoms with E-state index in [0.717, 1.165) is 0 Å². The van der Waals surface area contributed by atoms with Gasteiger partial charge in [-0.1, -0.05) is 12.1 Å². The van der Waals surface area contributed by atoms with E-state index in [1.54, 1.807) is 45.0 Å². The van der Waals surface area contributed by atoms with Crippen LogP contribution in [0, 0.1) is 10.1 Å². The number of carbonyl (C=O) groups excluding carboxylic acids is 4. The average Bonchev–Trinajstić information content (AvgIpc) is 2.82. The molecule has 0 saturated carbocycles. The molecule has 38 heavy (non-hydrogen) atoms. The number of carbonyl (C=O) groups is 4. The molecule has 13 nitrogen and oxygen atoms in total. The van der Waals surface area contributed by atoms with Gasteiger partial charge in [0, 0.05) is 17.8 Å². The van der Waals surface area contributed by atoms with Crippen molar-refractivity contribution in [3.63, 3.8) is 0 Å². The predicted molar refractivity (Wildman–Crippen MR) is 135 cm³/mol. The van der Waals surface area contributed by atoms with Gasteiger partial charge in [0.1, 0.15) is 30.0 Å². The normalized spacial score (nSPS) is 12.3. The lowest BCUT2D eigenvalue weighted by Crippen LogP contribution is -2.51. The van der Waals surface area contributed by atoms with Crippen LogP contribution in [-0.4, -0.2) is 46.7 Å². The molecule has 2 rings (SSSR count). The molecule has 0 fully saturated rings. The smallest absolute Gasteiger partial charge is 0.444 e. The Morgan fingerprint density at radius 3 is 2.03 bits per heavy atom. The van der Waals surface area contributed by atoms with Crippen LogP contribution >= 0.6 is 0 Å². The third-order valence-corrected chi connectivity index (χ3v) is 4.71. The summed E-state index contributed by atoms with van der Waals surface area (Å²) in [4.78, 5) is 58.5. The molecule has 0 heterocycles. The van der Waals surface area contributed by atoms with Crippen molar-refractivity contribution >= 4 is 35.4 Å². The summed E-state index contributed by atoms with van der Waals surface area (Å²) in [6.45, 7) is 7.93. The second-order valence-corrected chi connectivity index (χ2v) is 9.18. The summed E-state index contributed by atoms with van der Waals surface area (Å²) in [5, 5.41) is 18.2. The van der Waals surface area contributed by atoms with E-state index in [1.165, 1.54) is 38.1 Å². The van der Waals surface area contributed by atoms with E-state index in [9.17, 15) is 29.3 Å². The average molecular weight is 531 g/mol. The number of benzene rings is 2. The molecule has 0 aliphatic rings. The highest BCUT2D eigenvalue weighted by Gasteiger charge is 2.23. The van der Waals surface area contributed by atoms with Crippen molar-refractivity contribution < 1.29 is 38.3 Å². The maximum Gasteiger partial charge on any atom is 0.514 e. The molecular formula is C25H30N4O9. The summed E-state index contributed by atoms with van der Waals surface area (Å²) in [7, 11) is 0. The topological polar surface area (TPSA) is 175 Å². The molecule has 2 atom stereocenters. The number of nitrogens with zero attached hydrogens (tertiary/aromatic N) is 1. The number of alkyl carbamates (subject to hydrolysis) is 1. The molecule has 0 spiro atoms. The Morgan fingerprint density at radius 2 is 1.47 bits per heavy atom. The van der Waals surface area contributed by atoms with E-state index in [-0.39, 0.29) is 18.0 Å². The quantitative estimate of drug-likeness (QED) is 0.189. The van der Waals surface area contributed by atoms with Gasteiger partial charge in [0.15, 0.2) is 0 Å². The first-order chi connectivity index (χ1) is 17.7. The maximum absolute atomic E-state index is 12.5. The van der Waals surface area contributed by atoms with Gasteiger partial charge in [-0.25, -0.2) is 9.59 Å². The summed E-state index contributed by atoms with van der Waals surface area (Å²) in [6.07, 6.45) is -1.74. The van der Waals surface area contributed by atoms with Crippen molar-refractivity contribution in [1.29, 1.82) is 0 Å². The van der Waals surface area contributed by atoms with Crippen molar-refractivity contribution in [2.24, 2.45) is 0 Å². The predicted octanol–water partition coefficient (Wildman–Crippen LogP) is 3.67. The number of anilines is 1. The van der Waals surface area contributed by atoms with Gasteiger partial charge >= 0.3 is 12.2 Å². The molecule has 0 bridgehead atoms. The molecule has 2 aromatic carbocycles. The Morgan fingerprint density at radius 1 is 0.895 bits per heavy atom. The first-order valence-electron chi connectivity index (χ1n) is 11.5. The van der Waals surface area contributed by atoms with Crippen LogP contribution in [0.15, 0.2) is 48.5 Å². The van der Waals surface area contributed by atoms with Gasteiger partial charge in [0.25, 0.3) is 5.69 Å². The molecular weight excluding hydrogens is 500 g/mol. The highest BCUT2D eigenvalue weighted by molar-refractivity contribution is 5.97. The van der Waals surface area contributed by atoms with Crippen molar-refractivity contribution in [3.8, 4) is 5.75 Å². The van der Waals surface area contributed by atoms with Gasteiger partial charge in [-0.05, 0) is 64.4 Å². The number of non-ortho nitro benzene ring substituents is 1. The van der Waals surface area contributed by atoms with Crippen molar-refractivity contribution in [1.82, 2.24) is 10.6 Å². The van der Waals surface area contributed by atoms with Gasteiger partial charge < -0.3 is 30.2 Å². The Balaban J connectivity index is 1.78. The van der Waals surface area contributed by atoms with E-state index in [0.29, 0.717) is 11.3 Å². The largest absolute Gasteiger partial charge is 0.514 e. The number of nitro groups is 1. The third-order valence-electron chi connectivity index (χ3n) is 4.71. The number of rotatable bonds is 9. The Hall–Kier alpha value is -4.68. The third kappa shape index (κ3) is 10.1. The minimum absolute atomic E-state index is 0.0925. The molecule has 0 saturated heterocycles. The zero-order valence-electron chi connectivity index (χ0n) is 21.6. The molecule has 0 unspecified atom stereocenters. The fourth-order valence-corrected chi connectivity index (χ4v) is 2.79. The summed E-state index contributed by atoms with van der Waals surface area (Å²) >= 11 is 0. The molecule has 3 amide bonds. The van der Waals surface area contributed by atoms with Crippen LogP contribution < -0.4 is 20.7 Å². The summed E-state index contributed by atoms with van der Waals surface area (Å²) in [6, 6.07) is 9.52. The Kier molecular flexibility index (Phi) is 10.1. The summed E-state index contributed by atoms with van der Waals surface area (Å²) in [5.74, 6) is -0.958. The van der Waals surface area contributed by atoms with Crippen molar-refractivity contribution in [2.45, 2.75) is 58.9 Å². The molecule has 0 aliphatic carbocycles. The maximum atomic E-state index is 12.5. The van der Waals surface area contributed by atoms with Crippen LogP contribution in [0.1, 0.15) is 40.2 Å². The van der Waals surface area contributed by atoms with Crippen molar-refractivity contribution in [3.05, 3.63) is 64.2 Å². The fraction of sp³-hybridized carbons (Fsp3) is 0.360. The molecule has 13 heteroatoms. The lowest BCUT2D eigenvalue weighted by Gasteiger charge is -2.22. The number of ether oxygens (including phenoxy) is 3. The number of nitro benzene ring substituents is 1. The molecule has 204 valence electrons. The van der Waals surface area contributed by atoms with Crippen LogP contribution in [0.4, 0.5) is 21.0 Å². The molecule has 0 aromatic heterocycles. The minimum atomic E-state index is -0.990. The highest BCUT2D eigenvalue weighted by Crippen LogP contribution is 2.18. The van der Waals surface area contributed by atoms with Crippen molar-refractivity contribution in [2.75, 3.05) is 5.32 Å². The summed E-state index contributed by atoms with van der Waals surface area (Å²) in [5.41, 5.74) is 0.188. The SMILES string of the molecule is C[C@H](NC(=O)OC(C)(C)C)C(=O)N[C@@H](C)C(=O)Nc1ccc(COC(=O)Oc2ccc([N+](=O)[O-])cc2)cc1. The van der Waals surface area contributed by atoms with Gasteiger partial charge in [-0.15, -0.1) is 0 Å². The monoisotopic (exact) mass is 530 g/mol. The Labute approximate surface area is 219 Å². The van der Waals surface area contributed by atoms with E-state index in [2.05, 4.69) is 16.0 Å². The zero-order chi connectivity index (χ0) is 28.5. The van der Waals surface area contributed by atoms with Gasteiger partial charge in [-0.2, -0.15) is 0 Å². The first-order valence-corrected chi connectivity index (χ1v) is 11.5. The lowest BCUT2D eigenvalue weighted by atomic mass is 10.2. The second-order valence-electron chi connectivity index (χ2n) is 9.18. The van der Waals surface area contributed by atoms with Crippen LogP contribution in [0.25, 0.3) is 0 Å². The van der Waals surface area contributed by atoms with Gasteiger partial charge in [-0.3, -0.25) is 19.7 Å². The van der Waals surface area contributed by atoms with Crippen LogP contribution in [0.2, 0.25) is 0 Å². The highest BCUT2D eigenvalue weighted by atomic mass is 16.7. The summed E-state index contributed by atoms with van der Waals surface area (Å²) < 4.78 is 15.1. The molecule has 0 aliphatic heterocycles. The fourth-order valence-electron chi connectivity index (χ4n) is 2.79. The van der Waals surface area contributed by atoms with Gasteiger partial charge in [0.05, 0.1) is 4.92 Å². The zero-order valence-corrected chi connectivity index (χ0v) is 21.6. The van der Waals surface area contributed by atoms with E-state index in [4.69, 9.17) is 14.2 Å². The number of amides is 3. The number of nitrogens with one attached hydrogen (secondary N) is 3. The number of hydrogen-bond acceptors (Lipinski definition) is 9. The number of hydrogen-bond donors (Lipinski definition) is 3. The van der Waals surface area contributed by atoms with E-state index < -0.39 is 46.7 Å². The van der Waals surface area contributed by atoms with Gasteiger partial charge in [0.2, 0.25) is 11.8 Å². The van der Waals surface area contributed by atoms with Crippen LogP contribution in [0.3, 0.4) is 0 Å². The second kappa shape index (κ2) is 13.0. The molecule has 3 N–H and O–H groups in total. The standard InChI is InChI=1S/C25H30N4O9/c1-15(26-21(30)16(2)27-23(32)38-25(3,4)5)22(31)28-18-8-6-17(7-9-18)14-36-24(33)37-20-12-10-19(11-13-20)29(34)35/h6-13,15-16H,14H2,1-5H3,(H,26,30)(H,27,32)(H,28,31)/t15-,16-/m0/s1. The Bertz CT molecular complexity index is 1160. The minimum Gasteiger partial charge on any atom is -0.444 e. The first kappa shape index (κ1) is 29.5. The van der Waals surface area contributed by atoms with Crippen LogP contribution in [0.5, 0.6) is 5.75 Å². The lowest BCUT2D eigenvalue weighted by molar-refractivity contribution is -0.384. The van der Waals surface area contributed by atoms with Crippen LogP contribution in [-0.2, 0) is 25.7 Å². The van der Waals surface area contributed by atoms with E-state index >= 15 is 0 Å². The van der Waals surface area contributed by atoms with E-state index in [1.807, 2.05) is 0 Å². The molecule has 0 radical (unpaired) electrons. The molecule has 2 aromatic rings.